The average Bonchev–Trinajstić information content (AvgIpc) is 2.28. The van der Waals surface area contributed by atoms with E-state index in [1.165, 1.54) is 6.20 Å². The van der Waals surface area contributed by atoms with Crippen LogP contribution in [-0.4, -0.2) is 31.7 Å². The van der Waals surface area contributed by atoms with Crippen molar-refractivity contribution in [1.29, 1.82) is 0 Å². The molecule has 2 atom stereocenters. The van der Waals surface area contributed by atoms with Crippen molar-refractivity contribution in [2.24, 2.45) is 0 Å². The molecule has 0 amide bonds. The number of pyridine rings is 1. The predicted octanol–water partition coefficient (Wildman–Crippen LogP) is 0.753. The van der Waals surface area contributed by atoms with Crippen LogP contribution >= 0.6 is 15.9 Å². The fourth-order valence-electron chi connectivity index (χ4n) is 1.22. The van der Waals surface area contributed by atoms with E-state index in [-0.39, 0.29) is 6.61 Å². The molecule has 1 aromatic heterocycles. The van der Waals surface area contributed by atoms with Gasteiger partial charge in [0.05, 0.1) is 18.4 Å². The Morgan fingerprint density at radius 3 is 2.73 bits per heavy atom. The molecule has 0 radical (unpaired) electrons. The minimum Gasteiger partial charge on any atom is -0.392 e. The number of aliphatic hydroxyl groups is 3. The predicted molar refractivity (Wildman–Crippen MR) is 59.5 cm³/mol. The fourth-order valence-corrected chi connectivity index (χ4v) is 1.69. The standard InChI is InChI=1S/C10H14BrNO3/c11-3-1-9(14)10(15)8-5-7(6-13)2-4-12-8/h2,4-5,9-10,13-15H,1,3,6H2. The van der Waals surface area contributed by atoms with Crippen LogP contribution < -0.4 is 0 Å². The van der Waals surface area contributed by atoms with Gasteiger partial charge in [-0.25, -0.2) is 0 Å². The molecule has 4 nitrogen and oxygen atoms in total. The average molecular weight is 276 g/mol. The second-order valence-corrected chi connectivity index (χ2v) is 4.03. The van der Waals surface area contributed by atoms with Gasteiger partial charge in [0, 0.05) is 11.5 Å². The summed E-state index contributed by atoms with van der Waals surface area (Å²) in [5.74, 6) is 0. The van der Waals surface area contributed by atoms with Gasteiger partial charge in [-0.2, -0.15) is 0 Å². The minimum atomic E-state index is -1.01. The van der Waals surface area contributed by atoms with Gasteiger partial charge in [-0.15, -0.1) is 0 Å². The number of aromatic nitrogens is 1. The molecule has 0 saturated heterocycles. The van der Waals surface area contributed by atoms with E-state index >= 15 is 0 Å². The van der Waals surface area contributed by atoms with Crippen LogP contribution in [0.25, 0.3) is 0 Å². The molecule has 15 heavy (non-hydrogen) atoms. The van der Waals surface area contributed by atoms with E-state index in [0.29, 0.717) is 23.0 Å². The highest BCUT2D eigenvalue weighted by Gasteiger charge is 2.18. The van der Waals surface area contributed by atoms with Gasteiger partial charge in [-0.1, -0.05) is 15.9 Å². The molecule has 0 saturated carbocycles. The van der Waals surface area contributed by atoms with Crippen molar-refractivity contribution in [3.63, 3.8) is 0 Å². The smallest absolute Gasteiger partial charge is 0.122 e. The Hall–Kier alpha value is -0.490. The van der Waals surface area contributed by atoms with Gasteiger partial charge in [0.1, 0.15) is 6.10 Å². The van der Waals surface area contributed by atoms with Gasteiger partial charge in [0.2, 0.25) is 0 Å². The summed E-state index contributed by atoms with van der Waals surface area (Å²) in [7, 11) is 0. The first-order valence-corrected chi connectivity index (χ1v) is 5.79. The Kier molecular flexibility index (Phi) is 5.17. The third-order valence-electron chi connectivity index (χ3n) is 2.10. The number of halogens is 1. The van der Waals surface area contributed by atoms with Gasteiger partial charge in [-0.05, 0) is 24.1 Å². The van der Waals surface area contributed by atoms with E-state index < -0.39 is 12.2 Å². The summed E-state index contributed by atoms with van der Waals surface area (Å²) in [5.41, 5.74) is 1.06. The number of aliphatic hydroxyl groups excluding tert-OH is 3. The van der Waals surface area contributed by atoms with E-state index in [9.17, 15) is 10.2 Å². The maximum Gasteiger partial charge on any atom is 0.122 e. The van der Waals surface area contributed by atoms with E-state index in [1.54, 1.807) is 12.1 Å². The van der Waals surface area contributed by atoms with Crippen LogP contribution in [0.15, 0.2) is 18.3 Å². The molecular weight excluding hydrogens is 262 g/mol. The summed E-state index contributed by atoms with van der Waals surface area (Å²) in [5, 5.41) is 28.8. The zero-order valence-electron chi connectivity index (χ0n) is 8.17. The summed E-state index contributed by atoms with van der Waals surface area (Å²) in [6.07, 6.45) is 0.108. The first-order chi connectivity index (χ1) is 7.19. The first-order valence-electron chi connectivity index (χ1n) is 4.66. The third-order valence-corrected chi connectivity index (χ3v) is 2.56. The lowest BCUT2D eigenvalue weighted by Gasteiger charge is -2.16. The van der Waals surface area contributed by atoms with Crippen molar-refractivity contribution in [1.82, 2.24) is 4.98 Å². The van der Waals surface area contributed by atoms with Gasteiger partial charge in [0.25, 0.3) is 0 Å². The number of hydrogen-bond donors (Lipinski definition) is 3. The van der Waals surface area contributed by atoms with Crippen molar-refractivity contribution in [3.05, 3.63) is 29.6 Å². The highest BCUT2D eigenvalue weighted by molar-refractivity contribution is 9.09. The monoisotopic (exact) mass is 275 g/mol. The minimum absolute atomic E-state index is 0.100. The first kappa shape index (κ1) is 12.6. The molecule has 5 heteroatoms. The molecule has 3 N–H and O–H groups in total. The highest BCUT2D eigenvalue weighted by Crippen LogP contribution is 2.18. The summed E-state index contributed by atoms with van der Waals surface area (Å²) in [4.78, 5) is 3.95. The lowest BCUT2D eigenvalue weighted by atomic mass is 10.1. The Bertz CT molecular complexity index is 308. The van der Waals surface area contributed by atoms with Crippen molar-refractivity contribution in [2.45, 2.75) is 25.2 Å². The van der Waals surface area contributed by atoms with Crippen LogP contribution in [0.4, 0.5) is 0 Å². The molecule has 84 valence electrons. The summed E-state index contributed by atoms with van der Waals surface area (Å²) >= 11 is 3.19. The topological polar surface area (TPSA) is 73.6 Å². The lowest BCUT2D eigenvalue weighted by molar-refractivity contribution is 0.0147. The SMILES string of the molecule is OCc1ccnc(C(O)C(O)CCBr)c1. The van der Waals surface area contributed by atoms with Crippen LogP contribution in [0.3, 0.4) is 0 Å². The zero-order valence-corrected chi connectivity index (χ0v) is 9.76. The molecule has 0 aliphatic rings. The lowest BCUT2D eigenvalue weighted by Crippen LogP contribution is -2.19. The molecule has 1 rings (SSSR count). The van der Waals surface area contributed by atoms with Gasteiger partial charge in [-0.3, -0.25) is 4.98 Å². The van der Waals surface area contributed by atoms with E-state index in [4.69, 9.17) is 5.11 Å². The molecular formula is C10H14BrNO3. The second kappa shape index (κ2) is 6.17. The highest BCUT2D eigenvalue weighted by atomic mass is 79.9. The van der Waals surface area contributed by atoms with Gasteiger partial charge < -0.3 is 15.3 Å². The Labute approximate surface area is 96.7 Å². The second-order valence-electron chi connectivity index (χ2n) is 3.24. The summed E-state index contributed by atoms with van der Waals surface area (Å²) in [6, 6.07) is 3.25. The largest absolute Gasteiger partial charge is 0.392 e. The molecule has 2 unspecified atom stereocenters. The third kappa shape index (κ3) is 3.53. The molecule has 0 aliphatic carbocycles. The van der Waals surface area contributed by atoms with E-state index in [2.05, 4.69) is 20.9 Å². The van der Waals surface area contributed by atoms with Crippen molar-refractivity contribution in [2.75, 3.05) is 5.33 Å². The molecule has 0 aliphatic heterocycles. The normalized spacial score (nSPS) is 14.9. The van der Waals surface area contributed by atoms with Gasteiger partial charge in [0.15, 0.2) is 0 Å². The molecule has 1 aromatic rings. The number of alkyl halides is 1. The molecule has 0 aromatic carbocycles. The maximum atomic E-state index is 9.73. The van der Waals surface area contributed by atoms with Crippen LogP contribution in [0.1, 0.15) is 23.8 Å². The Morgan fingerprint density at radius 1 is 1.40 bits per heavy atom. The molecule has 0 bridgehead atoms. The van der Waals surface area contributed by atoms with Crippen LogP contribution in [-0.2, 0) is 6.61 Å². The van der Waals surface area contributed by atoms with E-state index in [0.717, 1.165) is 0 Å². The van der Waals surface area contributed by atoms with Gasteiger partial charge >= 0.3 is 0 Å². The van der Waals surface area contributed by atoms with E-state index in [1.807, 2.05) is 0 Å². The van der Waals surface area contributed by atoms with Crippen molar-refractivity contribution >= 4 is 15.9 Å². The van der Waals surface area contributed by atoms with Crippen molar-refractivity contribution < 1.29 is 15.3 Å². The number of rotatable bonds is 5. The number of nitrogens with zero attached hydrogens (tertiary/aromatic N) is 1. The van der Waals surface area contributed by atoms with Crippen LogP contribution in [0, 0.1) is 0 Å². The molecule has 0 fully saturated rings. The summed E-state index contributed by atoms with van der Waals surface area (Å²) in [6.45, 7) is -0.100. The Morgan fingerprint density at radius 2 is 2.13 bits per heavy atom. The van der Waals surface area contributed by atoms with Crippen LogP contribution in [0.5, 0.6) is 0 Å². The summed E-state index contributed by atoms with van der Waals surface area (Å²) < 4.78 is 0. The zero-order chi connectivity index (χ0) is 11.3. The fraction of sp³-hybridized carbons (Fsp3) is 0.500. The maximum absolute atomic E-state index is 9.73. The Balaban J connectivity index is 2.76. The molecule has 1 heterocycles. The van der Waals surface area contributed by atoms with Crippen LogP contribution in [0.2, 0.25) is 0 Å². The van der Waals surface area contributed by atoms with Crippen molar-refractivity contribution in [3.8, 4) is 0 Å². The quantitative estimate of drug-likeness (QED) is 0.694. The molecule has 0 spiro atoms. The number of hydrogen-bond acceptors (Lipinski definition) is 4.